The predicted octanol–water partition coefficient (Wildman–Crippen LogP) is 2.86. The summed E-state index contributed by atoms with van der Waals surface area (Å²) >= 11 is 0. The van der Waals surface area contributed by atoms with E-state index in [0.717, 1.165) is 13.0 Å². The number of hydrogen-bond acceptors (Lipinski definition) is 4. The van der Waals surface area contributed by atoms with Crippen LogP contribution in [0.5, 0.6) is 0 Å². The van der Waals surface area contributed by atoms with Gasteiger partial charge in [0, 0.05) is 18.7 Å². The van der Waals surface area contributed by atoms with Crippen LogP contribution in [0.15, 0.2) is 0 Å². The number of nitrogens with one attached hydrogen (secondary N) is 1. The number of aliphatic hydroxyl groups is 2. The Morgan fingerprint density at radius 1 is 1.00 bits per heavy atom. The average Bonchev–Trinajstić information content (AvgIpc) is 2.38. The molecule has 0 bridgehead atoms. The quantitative estimate of drug-likeness (QED) is 0.458. The van der Waals surface area contributed by atoms with Crippen LogP contribution in [0.4, 0.5) is 0 Å². The minimum absolute atomic E-state index is 0.351. The second-order valence-corrected chi connectivity index (χ2v) is 7.06. The molecule has 0 saturated heterocycles. The van der Waals surface area contributed by atoms with Crippen LogP contribution in [0.25, 0.3) is 0 Å². The van der Waals surface area contributed by atoms with Crippen LogP contribution in [0, 0.1) is 0 Å². The van der Waals surface area contributed by atoms with Crippen molar-refractivity contribution in [1.82, 2.24) is 5.32 Å². The molecule has 0 saturated carbocycles. The van der Waals surface area contributed by atoms with Crippen LogP contribution in [0.1, 0.15) is 73.1 Å². The molecule has 0 fully saturated rings. The van der Waals surface area contributed by atoms with Gasteiger partial charge in [0.05, 0.1) is 18.3 Å². The van der Waals surface area contributed by atoms with Crippen molar-refractivity contribution >= 4 is 0 Å². The van der Waals surface area contributed by atoms with Crippen molar-refractivity contribution in [3.63, 3.8) is 0 Å². The summed E-state index contributed by atoms with van der Waals surface area (Å²) in [5, 5.41) is 23.1. The van der Waals surface area contributed by atoms with Crippen molar-refractivity contribution in [2.24, 2.45) is 0 Å². The van der Waals surface area contributed by atoms with Crippen molar-refractivity contribution < 1.29 is 14.9 Å². The number of unbranched alkanes of at least 4 members (excludes halogenated alkanes) is 5. The van der Waals surface area contributed by atoms with E-state index in [1.807, 2.05) is 13.8 Å². The summed E-state index contributed by atoms with van der Waals surface area (Å²) < 4.78 is 5.50. The number of ether oxygens (including phenoxy) is 1. The van der Waals surface area contributed by atoms with Crippen molar-refractivity contribution in [3.8, 4) is 0 Å². The van der Waals surface area contributed by atoms with E-state index in [4.69, 9.17) is 4.74 Å². The number of β-amino-alcohol motifs (C(OH)–C–C–N with tert-alkyl or cyclic N) is 1. The number of aliphatic hydroxyl groups excluding tert-OH is 1. The van der Waals surface area contributed by atoms with Gasteiger partial charge in [-0.25, -0.2) is 0 Å². The molecule has 0 rings (SSSR count). The summed E-state index contributed by atoms with van der Waals surface area (Å²) in [6.07, 6.45) is 6.93. The maximum Gasteiger partial charge on any atom is 0.0897 e. The van der Waals surface area contributed by atoms with E-state index in [-0.39, 0.29) is 0 Å². The van der Waals surface area contributed by atoms with Gasteiger partial charge < -0.3 is 20.3 Å². The van der Waals surface area contributed by atoms with Gasteiger partial charge in [0.15, 0.2) is 0 Å². The Balaban J connectivity index is 3.57. The maximum atomic E-state index is 10.0. The molecule has 1 unspecified atom stereocenters. The molecule has 21 heavy (non-hydrogen) atoms. The molecule has 0 aliphatic heterocycles. The summed E-state index contributed by atoms with van der Waals surface area (Å²) in [5.74, 6) is 0. The molecule has 0 amide bonds. The topological polar surface area (TPSA) is 61.7 Å². The molecule has 0 aromatic heterocycles. The molecule has 4 nitrogen and oxygen atoms in total. The van der Waals surface area contributed by atoms with E-state index in [0.29, 0.717) is 13.2 Å². The molecule has 0 aromatic rings. The first kappa shape index (κ1) is 20.8. The lowest BCUT2D eigenvalue weighted by molar-refractivity contribution is -0.0178. The smallest absolute Gasteiger partial charge is 0.0897 e. The largest absolute Gasteiger partial charge is 0.389 e. The molecule has 0 aliphatic carbocycles. The first-order valence-corrected chi connectivity index (χ1v) is 8.44. The Labute approximate surface area is 131 Å². The lowest BCUT2D eigenvalue weighted by Crippen LogP contribution is -2.57. The molecular weight excluding hydrogens is 266 g/mol. The molecule has 0 radical (unpaired) electrons. The SMILES string of the molecule is CCCCCCCCOCC(O)CNC(C)(C)C(C)(C)O. The highest BCUT2D eigenvalue weighted by atomic mass is 16.5. The van der Waals surface area contributed by atoms with Gasteiger partial charge in [0.2, 0.25) is 0 Å². The highest BCUT2D eigenvalue weighted by Crippen LogP contribution is 2.20. The second kappa shape index (κ2) is 10.5. The van der Waals surface area contributed by atoms with Crippen LogP contribution in [0.2, 0.25) is 0 Å². The molecule has 0 aliphatic rings. The van der Waals surface area contributed by atoms with Gasteiger partial charge in [0.1, 0.15) is 0 Å². The second-order valence-electron chi connectivity index (χ2n) is 7.06. The zero-order valence-electron chi connectivity index (χ0n) is 14.7. The Morgan fingerprint density at radius 3 is 2.14 bits per heavy atom. The molecule has 0 aromatic carbocycles. The zero-order chi connectivity index (χ0) is 16.4. The molecule has 4 heteroatoms. The summed E-state index contributed by atoms with van der Waals surface area (Å²) in [6.45, 7) is 11.1. The van der Waals surface area contributed by atoms with E-state index in [1.54, 1.807) is 13.8 Å². The lowest BCUT2D eigenvalue weighted by atomic mass is 9.86. The van der Waals surface area contributed by atoms with Crippen molar-refractivity contribution in [2.45, 2.75) is 90.4 Å². The summed E-state index contributed by atoms with van der Waals surface area (Å²) in [6, 6.07) is 0. The van der Waals surface area contributed by atoms with Crippen LogP contribution < -0.4 is 5.32 Å². The molecule has 0 heterocycles. The first-order valence-electron chi connectivity index (χ1n) is 8.44. The lowest BCUT2D eigenvalue weighted by Gasteiger charge is -2.38. The van der Waals surface area contributed by atoms with E-state index in [1.165, 1.54) is 32.1 Å². The van der Waals surface area contributed by atoms with E-state index < -0.39 is 17.2 Å². The van der Waals surface area contributed by atoms with E-state index in [9.17, 15) is 10.2 Å². The fourth-order valence-electron chi connectivity index (χ4n) is 1.85. The Morgan fingerprint density at radius 2 is 1.57 bits per heavy atom. The predicted molar refractivity (Wildman–Crippen MR) is 88.6 cm³/mol. The van der Waals surface area contributed by atoms with Gasteiger partial charge in [-0.15, -0.1) is 0 Å². The Bertz CT molecular complexity index is 249. The number of hydrogen-bond donors (Lipinski definition) is 3. The van der Waals surface area contributed by atoms with Gasteiger partial charge in [-0.1, -0.05) is 39.0 Å². The molecule has 128 valence electrons. The number of rotatable bonds is 13. The van der Waals surface area contributed by atoms with Crippen molar-refractivity contribution in [3.05, 3.63) is 0 Å². The van der Waals surface area contributed by atoms with E-state index >= 15 is 0 Å². The summed E-state index contributed by atoms with van der Waals surface area (Å²) in [5.41, 5.74) is -1.29. The minimum atomic E-state index is -0.841. The van der Waals surface area contributed by atoms with Gasteiger partial charge in [-0.2, -0.15) is 0 Å². The van der Waals surface area contributed by atoms with Gasteiger partial charge in [-0.05, 0) is 34.1 Å². The molecule has 0 spiro atoms. The van der Waals surface area contributed by atoms with Crippen LogP contribution in [-0.4, -0.2) is 47.2 Å². The monoisotopic (exact) mass is 303 g/mol. The van der Waals surface area contributed by atoms with Gasteiger partial charge in [0.25, 0.3) is 0 Å². The van der Waals surface area contributed by atoms with Crippen molar-refractivity contribution in [2.75, 3.05) is 19.8 Å². The maximum absolute atomic E-state index is 10.0. The fourth-order valence-corrected chi connectivity index (χ4v) is 1.85. The van der Waals surface area contributed by atoms with Crippen molar-refractivity contribution in [1.29, 1.82) is 0 Å². The molecule has 3 N–H and O–H groups in total. The van der Waals surface area contributed by atoms with Crippen LogP contribution in [0.3, 0.4) is 0 Å². The fraction of sp³-hybridized carbons (Fsp3) is 1.00. The highest BCUT2D eigenvalue weighted by molar-refractivity contribution is 4.93. The molecule has 1 atom stereocenters. The third-order valence-electron chi connectivity index (χ3n) is 4.26. The van der Waals surface area contributed by atoms with Gasteiger partial charge in [-0.3, -0.25) is 0 Å². The highest BCUT2D eigenvalue weighted by Gasteiger charge is 2.34. The van der Waals surface area contributed by atoms with Crippen LogP contribution in [-0.2, 0) is 4.74 Å². The third kappa shape index (κ3) is 10.2. The first-order chi connectivity index (χ1) is 9.70. The van der Waals surface area contributed by atoms with Crippen LogP contribution >= 0.6 is 0 Å². The Hall–Kier alpha value is -0.160. The van der Waals surface area contributed by atoms with Gasteiger partial charge >= 0.3 is 0 Å². The standard InChI is InChI=1S/C17H37NO3/c1-6-7-8-9-10-11-12-21-14-15(19)13-18-16(2,3)17(4,5)20/h15,18-20H,6-14H2,1-5H3. The normalized spacial score (nSPS) is 14.4. The van der Waals surface area contributed by atoms with E-state index in [2.05, 4.69) is 12.2 Å². The summed E-state index contributed by atoms with van der Waals surface area (Å²) in [7, 11) is 0. The Kier molecular flexibility index (Phi) is 10.5. The summed E-state index contributed by atoms with van der Waals surface area (Å²) in [4.78, 5) is 0. The molecular formula is C17H37NO3. The zero-order valence-corrected chi connectivity index (χ0v) is 14.7. The minimum Gasteiger partial charge on any atom is -0.389 e. The third-order valence-corrected chi connectivity index (χ3v) is 4.26. The average molecular weight is 303 g/mol.